The minimum absolute atomic E-state index is 0.388. The second-order valence-corrected chi connectivity index (χ2v) is 3.71. The van der Waals surface area contributed by atoms with Crippen molar-refractivity contribution in [3.05, 3.63) is 41.8 Å². The zero-order valence-corrected chi connectivity index (χ0v) is 8.84. The zero-order chi connectivity index (χ0) is 10.7. The van der Waals surface area contributed by atoms with Crippen LogP contribution in [0.25, 0.3) is 0 Å². The van der Waals surface area contributed by atoms with Gasteiger partial charge in [0.25, 0.3) is 0 Å². The molecule has 0 atom stereocenters. The summed E-state index contributed by atoms with van der Waals surface area (Å²) in [5.74, 6) is 1.95. The van der Waals surface area contributed by atoms with Crippen molar-refractivity contribution < 1.29 is 4.52 Å². The molecule has 0 unspecified atom stereocenters. The molecule has 2 aromatic heterocycles. The van der Waals surface area contributed by atoms with Crippen molar-refractivity contribution in [1.29, 1.82) is 0 Å². The minimum Gasteiger partial charge on any atom is -0.361 e. The van der Waals surface area contributed by atoms with Gasteiger partial charge in [0.05, 0.1) is 12.1 Å². The summed E-state index contributed by atoms with van der Waals surface area (Å²) in [4.78, 5) is 8.26. The Labute approximate surface area is 88.4 Å². The SMILES string of the molecule is CC(C)c1cc(Cc2ncccn2)on1. The van der Waals surface area contributed by atoms with Gasteiger partial charge >= 0.3 is 0 Å². The molecule has 0 radical (unpaired) electrons. The van der Waals surface area contributed by atoms with Crippen LogP contribution in [0.2, 0.25) is 0 Å². The Morgan fingerprint density at radius 3 is 2.60 bits per heavy atom. The van der Waals surface area contributed by atoms with E-state index in [-0.39, 0.29) is 0 Å². The molecule has 4 heteroatoms. The van der Waals surface area contributed by atoms with E-state index < -0.39 is 0 Å². The Bertz CT molecular complexity index is 422. The Kier molecular flexibility index (Phi) is 2.76. The first-order valence-corrected chi connectivity index (χ1v) is 4.97. The predicted octanol–water partition coefficient (Wildman–Crippen LogP) is 2.18. The fourth-order valence-corrected chi connectivity index (χ4v) is 1.26. The van der Waals surface area contributed by atoms with E-state index in [2.05, 4.69) is 29.0 Å². The van der Waals surface area contributed by atoms with Gasteiger partial charge in [-0.1, -0.05) is 19.0 Å². The van der Waals surface area contributed by atoms with Crippen LogP contribution in [0.1, 0.15) is 37.0 Å². The lowest BCUT2D eigenvalue weighted by atomic mass is 10.1. The molecule has 0 amide bonds. The highest BCUT2D eigenvalue weighted by Gasteiger charge is 2.08. The topological polar surface area (TPSA) is 51.8 Å². The molecule has 0 aromatic carbocycles. The second kappa shape index (κ2) is 4.21. The Hall–Kier alpha value is -1.71. The van der Waals surface area contributed by atoms with E-state index in [1.165, 1.54) is 0 Å². The van der Waals surface area contributed by atoms with Crippen molar-refractivity contribution in [1.82, 2.24) is 15.1 Å². The maximum atomic E-state index is 5.20. The van der Waals surface area contributed by atoms with E-state index in [9.17, 15) is 0 Å². The molecule has 78 valence electrons. The Morgan fingerprint density at radius 1 is 1.27 bits per heavy atom. The third-order valence-electron chi connectivity index (χ3n) is 2.12. The summed E-state index contributed by atoms with van der Waals surface area (Å²) in [5.41, 5.74) is 0.973. The largest absolute Gasteiger partial charge is 0.361 e. The summed E-state index contributed by atoms with van der Waals surface area (Å²) in [5, 5.41) is 3.98. The quantitative estimate of drug-likeness (QED) is 0.767. The van der Waals surface area contributed by atoms with E-state index in [1.54, 1.807) is 18.5 Å². The molecular formula is C11H13N3O. The first-order valence-electron chi connectivity index (χ1n) is 4.97. The monoisotopic (exact) mass is 203 g/mol. The van der Waals surface area contributed by atoms with Gasteiger partial charge in [-0.3, -0.25) is 0 Å². The molecule has 0 aliphatic carbocycles. The average molecular weight is 203 g/mol. The zero-order valence-electron chi connectivity index (χ0n) is 8.84. The lowest BCUT2D eigenvalue weighted by molar-refractivity contribution is 0.379. The summed E-state index contributed by atoms with van der Waals surface area (Å²) in [6, 6.07) is 3.75. The summed E-state index contributed by atoms with van der Waals surface area (Å²) >= 11 is 0. The van der Waals surface area contributed by atoms with Crippen molar-refractivity contribution in [2.45, 2.75) is 26.2 Å². The number of aromatic nitrogens is 3. The first-order chi connectivity index (χ1) is 7.25. The van der Waals surface area contributed by atoms with E-state index >= 15 is 0 Å². The standard InChI is InChI=1S/C11H13N3O/c1-8(2)10-6-9(15-14-10)7-11-12-4-3-5-13-11/h3-6,8H,7H2,1-2H3. The number of hydrogen-bond donors (Lipinski definition) is 0. The van der Waals surface area contributed by atoms with Gasteiger partial charge in [0.15, 0.2) is 0 Å². The van der Waals surface area contributed by atoms with Crippen molar-refractivity contribution in [2.75, 3.05) is 0 Å². The normalized spacial score (nSPS) is 10.9. The van der Waals surface area contributed by atoms with E-state index in [0.29, 0.717) is 12.3 Å². The second-order valence-electron chi connectivity index (χ2n) is 3.71. The molecule has 0 aliphatic heterocycles. The van der Waals surface area contributed by atoms with Crippen LogP contribution in [0.3, 0.4) is 0 Å². The molecule has 15 heavy (non-hydrogen) atoms. The summed E-state index contributed by atoms with van der Waals surface area (Å²) < 4.78 is 5.20. The van der Waals surface area contributed by atoms with Crippen LogP contribution in [0.5, 0.6) is 0 Å². The fourth-order valence-electron chi connectivity index (χ4n) is 1.26. The van der Waals surface area contributed by atoms with E-state index in [0.717, 1.165) is 17.3 Å². The molecule has 2 rings (SSSR count). The third kappa shape index (κ3) is 2.40. The van der Waals surface area contributed by atoms with E-state index in [1.807, 2.05) is 6.07 Å². The highest BCUT2D eigenvalue weighted by molar-refractivity contribution is 5.12. The first kappa shape index (κ1) is 9.83. The van der Waals surface area contributed by atoms with Gasteiger partial charge in [0, 0.05) is 18.5 Å². The van der Waals surface area contributed by atoms with Crippen molar-refractivity contribution in [3.8, 4) is 0 Å². The van der Waals surface area contributed by atoms with Crippen LogP contribution >= 0.6 is 0 Å². The van der Waals surface area contributed by atoms with Crippen LogP contribution in [0, 0.1) is 0 Å². The molecule has 2 heterocycles. The molecule has 0 bridgehead atoms. The molecular weight excluding hydrogens is 190 g/mol. The lowest BCUT2D eigenvalue weighted by Crippen LogP contribution is -1.93. The Morgan fingerprint density at radius 2 is 2.00 bits per heavy atom. The molecule has 0 fully saturated rings. The summed E-state index contributed by atoms with van der Waals surface area (Å²) in [6.45, 7) is 4.17. The van der Waals surface area contributed by atoms with Gasteiger partial charge in [-0.2, -0.15) is 0 Å². The highest BCUT2D eigenvalue weighted by atomic mass is 16.5. The summed E-state index contributed by atoms with van der Waals surface area (Å²) in [6.07, 6.45) is 4.05. The van der Waals surface area contributed by atoms with Gasteiger partial charge in [-0.25, -0.2) is 9.97 Å². The fraction of sp³-hybridized carbons (Fsp3) is 0.364. The molecule has 0 saturated carbocycles. The number of rotatable bonds is 3. The number of nitrogens with zero attached hydrogens (tertiary/aromatic N) is 3. The average Bonchev–Trinajstić information content (AvgIpc) is 2.68. The van der Waals surface area contributed by atoms with Gasteiger partial charge in [-0.15, -0.1) is 0 Å². The van der Waals surface area contributed by atoms with Crippen molar-refractivity contribution in [3.63, 3.8) is 0 Å². The molecule has 0 aliphatic rings. The van der Waals surface area contributed by atoms with Crippen molar-refractivity contribution in [2.24, 2.45) is 0 Å². The van der Waals surface area contributed by atoms with Crippen LogP contribution in [0.4, 0.5) is 0 Å². The Balaban J connectivity index is 2.12. The lowest BCUT2D eigenvalue weighted by Gasteiger charge is -1.94. The minimum atomic E-state index is 0.388. The van der Waals surface area contributed by atoms with Gasteiger partial charge in [0.2, 0.25) is 0 Å². The maximum absolute atomic E-state index is 5.20. The summed E-state index contributed by atoms with van der Waals surface area (Å²) in [7, 11) is 0. The van der Waals surface area contributed by atoms with Crippen LogP contribution in [-0.2, 0) is 6.42 Å². The van der Waals surface area contributed by atoms with Crippen LogP contribution in [-0.4, -0.2) is 15.1 Å². The van der Waals surface area contributed by atoms with E-state index in [4.69, 9.17) is 4.52 Å². The number of hydrogen-bond acceptors (Lipinski definition) is 4. The molecule has 2 aromatic rings. The van der Waals surface area contributed by atoms with Crippen molar-refractivity contribution >= 4 is 0 Å². The molecule has 4 nitrogen and oxygen atoms in total. The smallest absolute Gasteiger partial charge is 0.144 e. The van der Waals surface area contributed by atoms with Crippen LogP contribution in [0.15, 0.2) is 29.0 Å². The third-order valence-corrected chi connectivity index (χ3v) is 2.12. The highest BCUT2D eigenvalue weighted by Crippen LogP contribution is 2.15. The van der Waals surface area contributed by atoms with Gasteiger partial charge < -0.3 is 4.52 Å². The molecule has 0 saturated heterocycles. The van der Waals surface area contributed by atoms with Crippen LogP contribution < -0.4 is 0 Å². The maximum Gasteiger partial charge on any atom is 0.144 e. The van der Waals surface area contributed by atoms with Gasteiger partial charge in [-0.05, 0) is 12.0 Å². The molecule has 0 N–H and O–H groups in total. The van der Waals surface area contributed by atoms with Gasteiger partial charge in [0.1, 0.15) is 11.6 Å². The predicted molar refractivity (Wildman–Crippen MR) is 55.4 cm³/mol. The molecule has 0 spiro atoms.